The number of H-pyrrole nitrogens is 1. The van der Waals surface area contributed by atoms with Crippen LogP contribution in [0, 0.1) is 11.7 Å². The monoisotopic (exact) mass is 336 g/mol. The molecule has 1 saturated carbocycles. The number of rotatable bonds is 6. The number of amides is 1. The fraction of sp³-hybridized carbons (Fsp3) is 0.643. The molecule has 0 spiro atoms. The van der Waals surface area contributed by atoms with Gasteiger partial charge in [0.25, 0.3) is 0 Å². The first-order valence-corrected chi connectivity index (χ1v) is 8.21. The van der Waals surface area contributed by atoms with Crippen LogP contribution >= 0.6 is 12.2 Å². The molecule has 1 fully saturated rings. The van der Waals surface area contributed by atoms with Gasteiger partial charge >= 0.3 is 0 Å². The maximum Gasteiger partial charge on any atom is 0.240 e. The minimum atomic E-state index is -0.508. The number of hydrogen-bond donors (Lipinski definition) is 2. The third kappa shape index (κ3) is 3.05. The first-order valence-electron chi connectivity index (χ1n) is 7.80. The third-order valence-corrected chi connectivity index (χ3v) is 4.47. The predicted molar refractivity (Wildman–Crippen MR) is 84.1 cm³/mol. The van der Waals surface area contributed by atoms with Crippen LogP contribution in [0.1, 0.15) is 50.1 Å². The minimum Gasteiger partial charge on any atom is -0.342 e. The first kappa shape index (κ1) is 15.9. The lowest BCUT2D eigenvalue weighted by Gasteiger charge is -2.39. The molecule has 0 bridgehead atoms. The molecule has 3 rings (SSSR count). The highest BCUT2D eigenvalue weighted by Crippen LogP contribution is 2.39. The Morgan fingerprint density at radius 1 is 1.52 bits per heavy atom. The average molecular weight is 336 g/mol. The zero-order valence-electron chi connectivity index (χ0n) is 13.3. The van der Waals surface area contributed by atoms with Gasteiger partial charge in [0.05, 0.1) is 0 Å². The highest BCUT2D eigenvalue weighted by Gasteiger charge is 2.44. The summed E-state index contributed by atoms with van der Waals surface area (Å²) in [6.07, 6.45) is 4.37. The van der Waals surface area contributed by atoms with E-state index in [0.29, 0.717) is 16.5 Å². The van der Waals surface area contributed by atoms with Crippen molar-refractivity contribution in [2.75, 3.05) is 0 Å². The molecule has 2 aromatic rings. The average Bonchev–Trinajstić information content (AvgIpc) is 3.04. The van der Waals surface area contributed by atoms with Crippen LogP contribution in [-0.2, 0) is 23.3 Å². The van der Waals surface area contributed by atoms with Crippen molar-refractivity contribution in [2.24, 2.45) is 0 Å². The fourth-order valence-corrected chi connectivity index (χ4v) is 3.02. The second-order valence-corrected chi connectivity index (χ2v) is 6.29. The molecule has 1 amide bonds. The number of aromatic amines is 1. The highest BCUT2D eigenvalue weighted by atomic mass is 32.1. The Morgan fingerprint density at radius 2 is 2.30 bits per heavy atom. The lowest BCUT2D eigenvalue weighted by Crippen LogP contribution is -2.52. The minimum absolute atomic E-state index is 0.123. The summed E-state index contributed by atoms with van der Waals surface area (Å²) < 4.78 is 7.25. The molecule has 23 heavy (non-hydrogen) atoms. The van der Waals surface area contributed by atoms with Gasteiger partial charge in [0.15, 0.2) is 10.6 Å². The summed E-state index contributed by atoms with van der Waals surface area (Å²) in [4.78, 5) is 16.8. The van der Waals surface area contributed by atoms with Gasteiger partial charge in [-0.2, -0.15) is 10.1 Å². The molecule has 2 aromatic heterocycles. The molecular weight excluding hydrogens is 316 g/mol. The van der Waals surface area contributed by atoms with Crippen molar-refractivity contribution >= 4 is 18.1 Å². The summed E-state index contributed by atoms with van der Waals surface area (Å²) in [6, 6.07) is 0. The van der Waals surface area contributed by atoms with E-state index < -0.39 is 5.54 Å². The Kier molecular flexibility index (Phi) is 4.29. The van der Waals surface area contributed by atoms with E-state index in [1.165, 1.54) is 0 Å². The molecule has 8 nitrogen and oxygen atoms in total. The van der Waals surface area contributed by atoms with Gasteiger partial charge < -0.3 is 9.84 Å². The molecule has 1 aliphatic rings. The second-order valence-electron chi connectivity index (χ2n) is 5.90. The van der Waals surface area contributed by atoms with Crippen LogP contribution in [0.3, 0.4) is 0 Å². The number of carbonyl (C=O) groups is 1. The van der Waals surface area contributed by atoms with E-state index in [4.69, 9.17) is 16.7 Å². The number of carbonyl (C=O) groups excluding carboxylic acids is 1. The Morgan fingerprint density at radius 3 is 2.87 bits per heavy atom. The van der Waals surface area contributed by atoms with E-state index >= 15 is 0 Å². The zero-order chi connectivity index (χ0) is 16.4. The molecule has 9 heteroatoms. The number of aromatic nitrogens is 5. The first-order chi connectivity index (χ1) is 11.0. The van der Waals surface area contributed by atoms with Crippen LogP contribution < -0.4 is 5.32 Å². The normalized spacial score (nSPS) is 16.1. The van der Waals surface area contributed by atoms with E-state index in [1.54, 1.807) is 11.5 Å². The number of nitrogens with one attached hydrogen (secondary N) is 2. The van der Waals surface area contributed by atoms with Crippen LogP contribution in [0.2, 0.25) is 0 Å². The highest BCUT2D eigenvalue weighted by molar-refractivity contribution is 7.71. The van der Waals surface area contributed by atoms with Gasteiger partial charge in [-0.3, -0.25) is 14.5 Å². The molecule has 2 N–H and O–H groups in total. The van der Waals surface area contributed by atoms with Gasteiger partial charge in [-0.15, -0.1) is 0 Å². The van der Waals surface area contributed by atoms with Crippen molar-refractivity contribution in [2.45, 2.75) is 58.0 Å². The molecule has 0 unspecified atom stereocenters. The zero-order valence-corrected chi connectivity index (χ0v) is 14.1. The van der Waals surface area contributed by atoms with Crippen LogP contribution in [0.5, 0.6) is 0 Å². The van der Waals surface area contributed by atoms with Gasteiger partial charge in [0.2, 0.25) is 11.8 Å². The van der Waals surface area contributed by atoms with Gasteiger partial charge in [0.1, 0.15) is 17.9 Å². The van der Waals surface area contributed by atoms with Gasteiger partial charge in [-0.1, -0.05) is 12.1 Å². The van der Waals surface area contributed by atoms with Crippen molar-refractivity contribution < 1.29 is 9.32 Å². The molecule has 0 saturated heterocycles. The summed E-state index contributed by atoms with van der Waals surface area (Å²) in [7, 11) is 0. The lowest BCUT2D eigenvalue weighted by molar-refractivity contribution is -0.125. The lowest BCUT2D eigenvalue weighted by atomic mass is 9.76. The van der Waals surface area contributed by atoms with Gasteiger partial charge in [-0.25, -0.2) is 0 Å². The maximum atomic E-state index is 12.5. The Bertz CT molecular complexity index is 757. The number of nitrogens with zero attached hydrogens (tertiary/aromatic N) is 4. The molecule has 124 valence electrons. The van der Waals surface area contributed by atoms with E-state index in [1.807, 2.05) is 0 Å². The Hall–Kier alpha value is -2.03. The number of hydrogen-bond acceptors (Lipinski definition) is 6. The van der Waals surface area contributed by atoms with Crippen LogP contribution in [-0.4, -0.2) is 30.8 Å². The van der Waals surface area contributed by atoms with E-state index in [0.717, 1.165) is 37.9 Å². The molecule has 0 atom stereocenters. The van der Waals surface area contributed by atoms with Crippen molar-refractivity contribution in [3.8, 4) is 0 Å². The van der Waals surface area contributed by atoms with Crippen molar-refractivity contribution in [1.82, 2.24) is 30.2 Å². The van der Waals surface area contributed by atoms with E-state index in [2.05, 4.69) is 32.6 Å². The smallest absolute Gasteiger partial charge is 0.240 e. The van der Waals surface area contributed by atoms with Crippen LogP contribution in [0.4, 0.5) is 0 Å². The largest absolute Gasteiger partial charge is 0.342 e. The van der Waals surface area contributed by atoms with Crippen molar-refractivity contribution in [1.29, 1.82) is 0 Å². The summed E-state index contributed by atoms with van der Waals surface area (Å²) in [6.45, 7) is 3.94. The quantitative estimate of drug-likeness (QED) is 0.780. The van der Waals surface area contributed by atoms with Crippen molar-refractivity contribution in [3.05, 3.63) is 22.3 Å². The third-order valence-electron chi connectivity index (χ3n) is 4.15. The summed E-state index contributed by atoms with van der Waals surface area (Å²) >= 11 is 5.21. The summed E-state index contributed by atoms with van der Waals surface area (Å²) in [5, 5.41) is 14.0. The standard InChI is InChI=1S/C14H20N6O2S/c1-3-5-10-17-18-13(23)20(10)8-11(21)16-14(6-4-7-14)12-15-9(2)22-19-12/h3-8H2,1-2H3,(H,16,21)(H,18,23). The molecule has 2 heterocycles. The predicted octanol–water partition coefficient (Wildman–Crippen LogP) is 1.78. The molecule has 0 aromatic carbocycles. The van der Waals surface area contributed by atoms with Crippen LogP contribution in [0.25, 0.3) is 0 Å². The maximum absolute atomic E-state index is 12.5. The fourth-order valence-electron chi connectivity index (χ4n) is 2.81. The number of aryl methyl sites for hydroxylation is 2. The van der Waals surface area contributed by atoms with Gasteiger partial charge in [0, 0.05) is 13.3 Å². The Balaban J connectivity index is 1.74. The van der Waals surface area contributed by atoms with Crippen LogP contribution in [0.15, 0.2) is 4.52 Å². The summed E-state index contributed by atoms with van der Waals surface area (Å²) in [5.74, 6) is 1.73. The second kappa shape index (κ2) is 6.23. The topological polar surface area (TPSA) is 102 Å². The molecular formula is C14H20N6O2S. The SMILES string of the molecule is CCCc1n[nH]c(=S)n1CC(=O)NC1(c2noc(C)n2)CCC1. The molecule has 1 aliphatic carbocycles. The van der Waals surface area contributed by atoms with E-state index in [-0.39, 0.29) is 12.5 Å². The van der Waals surface area contributed by atoms with E-state index in [9.17, 15) is 4.79 Å². The molecule has 0 radical (unpaired) electrons. The van der Waals surface area contributed by atoms with Crippen molar-refractivity contribution in [3.63, 3.8) is 0 Å². The van der Waals surface area contributed by atoms with Gasteiger partial charge in [-0.05, 0) is 37.9 Å². The summed E-state index contributed by atoms with van der Waals surface area (Å²) in [5.41, 5.74) is -0.508. The molecule has 0 aliphatic heterocycles. The Labute approximate surface area is 138 Å².